The van der Waals surface area contributed by atoms with Gasteiger partial charge in [0, 0.05) is 29.6 Å². The van der Waals surface area contributed by atoms with E-state index in [0.717, 1.165) is 49.7 Å². The summed E-state index contributed by atoms with van der Waals surface area (Å²) in [6, 6.07) is 6.97. The molecule has 0 bridgehead atoms. The van der Waals surface area contributed by atoms with Crippen molar-refractivity contribution in [2.75, 3.05) is 50.8 Å². The van der Waals surface area contributed by atoms with E-state index in [0.29, 0.717) is 18.2 Å². The number of rotatable bonds is 7. The highest BCUT2D eigenvalue weighted by atomic mass is 35.5. The van der Waals surface area contributed by atoms with Crippen molar-refractivity contribution < 1.29 is 14.3 Å². The molecule has 8 heteroatoms. The number of carbonyl (C=O) groups excluding carboxylic acids is 2. The first-order chi connectivity index (χ1) is 13.1. The summed E-state index contributed by atoms with van der Waals surface area (Å²) in [6.07, 6.45) is 1.81. The van der Waals surface area contributed by atoms with Crippen LogP contribution in [0.15, 0.2) is 24.3 Å². The Kier molecular flexibility index (Phi) is 7.67. The first-order valence-electron chi connectivity index (χ1n) is 9.39. The molecule has 2 heterocycles. The van der Waals surface area contributed by atoms with Crippen LogP contribution in [0, 0.1) is 0 Å². The number of ether oxygens (including phenoxy) is 1. The molecule has 27 heavy (non-hydrogen) atoms. The largest absolute Gasteiger partial charge is 0.492 e. The van der Waals surface area contributed by atoms with Gasteiger partial charge in [0.25, 0.3) is 0 Å². The quantitative estimate of drug-likeness (QED) is 0.694. The number of nitrogens with zero attached hydrogens (tertiary/aromatic N) is 2. The molecule has 6 nitrogen and oxygen atoms in total. The zero-order valence-corrected chi connectivity index (χ0v) is 16.9. The smallest absolute Gasteiger partial charge is 0.239 e. The topological polar surface area (TPSA) is 61.9 Å². The van der Waals surface area contributed by atoms with Gasteiger partial charge in [-0.3, -0.25) is 14.5 Å². The van der Waals surface area contributed by atoms with Crippen LogP contribution in [-0.2, 0) is 9.59 Å². The average molecular weight is 412 g/mol. The normalized spacial score (nSPS) is 20.5. The van der Waals surface area contributed by atoms with E-state index in [4.69, 9.17) is 16.3 Å². The lowest BCUT2D eigenvalue weighted by Gasteiger charge is -2.32. The summed E-state index contributed by atoms with van der Waals surface area (Å²) < 4.78 is 5.57. The Morgan fingerprint density at radius 1 is 1.19 bits per heavy atom. The lowest BCUT2D eigenvalue weighted by Crippen LogP contribution is -2.50. The zero-order chi connectivity index (χ0) is 19.1. The number of thioether (sulfide) groups is 1. The second-order valence-electron chi connectivity index (χ2n) is 6.72. The molecule has 0 aliphatic carbocycles. The van der Waals surface area contributed by atoms with Crippen LogP contribution in [0.1, 0.15) is 12.8 Å². The van der Waals surface area contributed by atoms with Gasteiger partial charge >= 0.3 is 0 Å². The molecule has 2 saturated heterocycles. The summed E-state index contributed by atoms with van der Waals surface area (Å²) in [6.45, 7) is 3.52. The van der Waals surface area contributed by atoms with E-state index in [-0.39, 0.29) is 24.4 Å². The third-order valence-corrected chi connectivity index (χ3v) is 6.02. The fraction of sp³-hybridized carbons (Fsp3) is 0.579. The minimum absolute atomic E-state index is 0.0661. The minimum atomic E-state index is -0.149. The van der Waals surface area contributed by atoms with Crippen molar-refractivity contribution in [1.82, 2.24) is 15.1 Å². The van der Waals surface area contributed by atoms with E-state index >= 15 is 0 Å². The molecule has 2 aliphatic heterocycles. The first-order valence-corrected chi connectivity index (χ1v) is 10.9. The molecule has 1 unspecified atom stereocenters. The number of carbonyl (C=O) groups is 2. The van der Waals surface area contributed by atoms with Gasteiger partial charge in [-0.1, -0.05) is 11.6 Å². The maximum Gasteiger partial charge on any atom is 0.239 e. The van der Waals surface area contributed by atoms with Gasteiger partial charge in [-0.2, -0.15) is 11.8 Å². The van der Waals surface area contributed by atoms with E-state index < -0.39 is 0 Å². The molecular weight excluding hydrogens is 386 g/mol. The molecule has 148 valence electrons. The highest BCUT2D eigenvalue weighted by Crippen LogP contribution is 2.21. The molecule has 1 aromatic rings. The van der Waals surface area contributed by atoms with E-state index in [1.165, 1.54) is 0 Å². The van der Waals surface area contributed by atoms with Crippen LogP contribution < -0.4 is 10.1 Å². The average Bonchev–Trinajstić information content (AvgIpc) is 3.14. The van der Waals surface area contributed by atoms with Gasteiger partial charge in [-0.15, -0.1) is 0 Å². The van der Waals surface area contributed by atoms with Crippen LogP contribution in [0.4, 0.5) is 0 Å². The third kappa shape index (κ3) is 6.02. The number of amides is 2. The monoisotopic (exact) mass is 411 g/mol. The van der Waals surface area contributed by atoms with Gasteiger partial charge in [0.05, 0.1) is 19.1 Å². The summed E-state index contributed by atoms with van der Waals surface area (Å²) >= 11 is 7.72. The molecule has 1 N–H and O–H groups in total. The van der Waals surface area contributed by atoms with Crippen LogP contribution in [0.25, 0.3) is 0 Å². The van der Waals surface area contributed by atoms with E-state index in [1.807, 2.05) is 21.6 Å². The fourth-order valence-electron chi connectivity index (χ4n) is 3.42. The minimum Gasteiger partial charge on any atom is -0.492 e. The summed E-state index contributed by atoms with van der Waals surface area (Å²) in [7, 11) is 0. The van der Waals surface area contributed by atoms with Crippen molar-refractivity contribution in [1.29, 1.82) is 0 Å². The first kappa shape index (κ1) is 20.3. The van der Waals surface area contributed by atoms with Gasteiger partial charge in [0.1, 0.15) is 12.4 Å². The van der Waals surface area contributed by atoms with Crippen molar-refractivity contribution in [3.8, 4) is 5.75 Å². The Balaban J connectivity index is 1.38. The molecule has 0 spiro atoms. The van der Waals surface area contributed by atoms with Crippen molar-refractivity contribution in [2.45, 2.75) is 18.9 Å². The standard InChI is InChI=1S/C19H26ClN3O3S/c20-15-3-5-16(6-4-15)26-11-7-21-18(24)14-23-8-1-2-17(23)19(25)22-9-12-27-13-10-22/h3-6,17H,1-2,7-14H2,(H,21,24). The Hall–Kier alpha value is -1.44. The van der Waals surface area contributed by atoms with Crippen LogP contribution in [0.2, 0.25) is 5.02 Å². The van der Waals surface area contributed by atoms with E-state index in [1.54, 1.807) is 24.3 Å². The summed E-state index contributed by atoms with van der Waals surface area (Å²) in [5.41, 5.74) is 0. The Morgan fingerprint density at radius 2 is 1.93 bits per heavy atom. The van der Waals surface area contributed by atoms with Crippen molar-refractivity contribution >= 4 is 35.2 Å². The number of benzene rings is 1. The summed E-state index contributed by atoms with van der Waals surface area (Å²) in [5.74, 6) is 2.85. The van der Waals surface area contributed by atoms with Gasteiger partial charge in [-0.05, 0) is 43.7 Å². The second-order valence-corrected chi connectivity index (χ2v) is 8.38. The lowest BCUT2D eigenvalue weighted by atomic mass is 10.2. The van der Waals surface area contributed by atoms with Crippen LogP contribution in [-0.4, -0.2) is 78.5 Å². The molecule has 0 aromatic heterocycles. The Morgan fingerprint density at radius 3 is 2.67 bits per heavy atom. The molecular formula is C19H26ClN3O3S. The molecule has 1 atom stereocenters. The summed E-state index contributed by atoms with van der Waals surface area (Å²) in [5, 5.41) is 3.53. The predicted molar refractivity (Wildman–Crippen MR) is 108 cm³/mol. The maximum atomic E-state index is 12.7. The van der Waals surface area contributed by atoms with Crippen LogP contribution in [0.5, 0.6) is 5.75 Å². The SMILES string of the molecule is O=C(CN1CCCC1C(=O)N1CCSCC1)NCCOc1ccc(Cl)cc1. The van der Waals surface area contributed by atoms with E-state index in [2.05, 4.69) is 5.32 Å². The molecule has 2 aliphatic rings. The predicted octanol–water partition coefficient (Wildman–Crippen LogP) is 1.87. The highest BCUT2D eigenvalue weighted by molar-refractivity contribution is 7.99. The van der Waals surface area contributed by atoms with Gasteiger partial charge in [0.2, 0.25) is 11.8 Å². The molecule has 0 saturated carbocycles. The summed E-state index contributed by atoms with van der Waals surface area (Å²) in [4.78, 5) is 29.0. The van der Waals surface area contributed by atoms with Crippen molar-refractivity contribution in [2.24, 2.45) is 0 Å². The van der Waals surface area contributed by atoms with Gasteiger partial charge in [0.15, 0.2) is 0 Å². The zero-order valence-electron chi connectivity index (χ0n) is 15.4. The lowest BCUT2D eigenvalue weighted by molar-refractivity contribution is -0.136. The molecule has 2 amide bonds. The van der Waals surface area contributed by atoms with Crippen LogP contribution in [0.3, 0.4) is 0 Å². The second kappa shape index (κ2) is 10.2. The van der Waals surface area contributed by atoms with Crippen molar-refractivity contribution in [3.63, 3.8) is 0 Å². The number of nitrogens with one attached hydrogen (secondary N) is 1. The number of likely N-dealkylation sites (tertiary alicyclic amines) is 1. The molecule has 0 radical (unpaired) electrons. The molecule has 2 fully saturated rings. The maximum absolute atomic E-state index is 12.7. The highest BCUT2D eigenvalue weighted by Gasteiger charge is 2.34. The van der Waals surface area contributed by atoms with E-state index in [9.17, 15) is 9.59 Å². The van der Waals surface area contributed by atoms with Crippen LogP contribution >= 0.6 is 23.4 Å². The van der Waals surface area contributed by atoms with Crippen molar-refractivity contribution in [3.05, 3.63) is 29.3 Å². The number of hydrogen-bond acceptors (Lipinski definition) is 5. The van der Waals surface area contributed by atoms with Gasteiger partial charge < -0.3 is 15.0 Å². The fourth-order valence-corrected chi connectivity index (χ4v) is 4.45. The Bertz CT molecular complexity index is 638. The Labute approximate surface area is 169 Å². The third-order valence-electron chi connectivity index (χ3n) is 4.82. The molecule has 3 rings (SSSR count). The molecule has 1 aromatic carbocycles. The van der Waals surface area contributed by atoms with Gasteiger partial charge in [-0.25, -0.2) is 0 Å². The number of hydrogen-bond donors (Lipinski definition) is 1. The number of halogens is 1.